The van der Waals surface area contributed by atoms with Crippen molar-refractivity contribution >= 4 is 54.5 Å². The van der Waals surface area contributed by atoms with Gasteiger partial charge in [-0.15, -0.1) is 0 Å². The van der Waals surface area contributed by atoms with E-state index >= 15 is 0 Å². The lowest BCUT2D eigenvalue weighted by atomic mass is 9.98. The van der Waals surface area contributed by atoms with Crippen molar-refractivity contribution in [3.63, 3.8) is 0 Å². The first kappa shape index (κ1) is 20.2. The molecule has 0 aliphatic carbocycles. The first-order valence-electron chi connectivity index (χ1n) is 24.6. The van der Waals surface area contributed by atoms with Crippen LogP contribution in [0.15, 0.2) is 188 Å². The van der Waals surface area contributed by atoms with E-state index in [1.165, 1.54) is 11.5 Å². The van der Waals surface area contributed by atoms with E-state index in [-0.39, 0.29) is 55.1 Å². The predicted octanol–water partition coefficient (Wildman–Crippen LogP) is 13.1. The van der Waals surface area contributed by atoms with Crippen LogP contribution in [0.25, 0.3) is 99.7 Å². The van der Waals surface area contributed by atoms with Gasteiger partial charge in [0.25, 0.3) is 0 Å². The number of fused-ring (bicyclic) bond motifs is 8. The predicted molar refractivity (Wildman–Crippen MR) is 229 cm³/mol. The van der Waals surface area contributed by atoms with E-state index < -0.39 is 90.3 Å². The molecule has 11 rings (SSSR count). The van der Waals surface area contributed by atoms with E-state index in [1.54, 1.807) is 0 Å². The largest absolute Gasteiger partial charge is 0.309 e. The van der Waals surface area contributed by atoms with Crippen LogP contribution in [0.4, 0.5) is 0 Å². The van der Waals surface area contributed by atoms with Crippen LogP contribution in [0.3, 0.4) is 0 Å². The molecule has 258 valence electrons. The average molecular weight is 717 g/mol. The fraction of sp³-hybridized carbons (Fsp3) is 0.0196. The zero-order valence-corrected chi connectivity index (χ0v) is 29.1. The summed E-state index contributed by atoms with van der Waals surface area (Å²) >= 11 is 0. The Morgan fingerprint density at radius 3 is 1.62 bits per heavy atom. The van der Waals surface area contributed by atoms with E-state index in [2.05, 4.69) is 0 Å². The van der Waals surface area contributed by atoms with Crippen molar-refractivity contribution in [3.05, 3.63) is 193 Å². The molecule has 0 fully saturated rings. The Hall–Kier alpha value is -7.30. The van der Waals surface area contributed by atoms with E-state index in [4.69, 9.17) is 20.9 Å². The zero-order chi connectivity index (χ0) is 48.6. The van der Waals surface area contributed by atoms with Gasteiger partial charge >= 0.3 is 0 Å². The molecule has 0 amide bonds. The minimum absolute atomic E-state index is 0.0170. The monoisotopic (exact) mass is 716 g/mol. The van der Waals surface area contributed by atoms with Crippen molar-refractivity contribution in [3.8, 4) is 45.1 Å². The second kappa shape index (κ2) is 12.4. The van der Waals surface area contributed by atoms with Crippen molar-refractivity contribution in [1.29, 1.82) is 0 Å². The van der Waals surface area contributed by atoms with Crippen LogP contribution in [0.1, 0.15) is 24.8 Å². The molecule has 0 aliphatic heterocycles. The molecule has 0 spiro atoms. The molecule has 4 nitrogen and oxygen atoms in total. The number of rotatable bonds is 5. The molecular formula is C51H34N4. The van der Waals surface area contributed by atoms with Crippen molar-refractivity contribution in [2.45, 2.75) is 6.92 Å². The lowest BCUT2D eigenvalue weighted by Gasteiger charge is -2.13. The fourth-order valence-corrected chi connectivity index (χ4v) is 7.44. The molecule has 0 aliphatic rings. The number of aromatic nitrogens is 4. The quantitative estimate of drug-likeness (QED) is 0.178. The number of benzene rings is 8. The maximum atomic E-state index is 9.87. The molecule has 0 saturated carbocycles. The Morgan fingerprint density at radius 2 is 0.964 bits per heavy atom. The number of hydrogen-bond acceptors (Lipinski definition) is 2. The lowest BCUT2D eigenvalue weighted by Crippen LogP contribution is -2.03. The van der Waals surface area contributed by atoms with Gasteiger partial charge in [-0.25, -0.2) is 9.97 Å². The summed E-state index contributed by atoms with van der Waals surface area (Å²) in [4.78, 5) is 10.2. The third-order valence-corrected chi connectivity index (χ3v) is 9.97. The van der Waals surface area contributed by atoms with Crippen LogP contribution in [-0.4, -0.2) is 19.1 Å². The average Bonchev–Trinajstić information content (AvgIpc) is 3.91. The highest BCUT2D eigenvalue weighted by Crippen LogP contribution is 2.42. The first-order valence-corrected chi connectivity index (χ1v) is 17.6. The SMILES string of the molecule is [2H]c1c([2H])c(-n2c3c([2H])c([2H])c([2H])c([2H])c3c3c4c5c([2H])c([2H])c([2H])c([2H])c5n(-c5nc(-c6ccc(-c7ccccc7)cc6)c6cc(-c7ccccc7)ccc6n5)c4c([2H])c([2H])c32)c([2H])c([2H])c1C. The maximum Gasteiger partial charge on any atom is 0.235 e. The van der Waals surface area contributed by atoms with Crippen LogP contribution >= 0.6 is 0 Å². The first-order chi connectivity index (χ1) is 33.0. The van der Waals surface area contributed by atoms with Gasteiger partial charge < -0.3 is 4.57 Å². The standard InChI is InChI=1S/C51H34N4/c1-33-20-27-39(28-21-33)54-44-18-10-8-16-40(44)48-46(54)30-31-47-49(48)41-17-9-11-19-45(41)55(47)51-52-43-29-26-38(35-14-6-3-7-15-35)32-42(43)50(53-51)37-24-22-36(23-25-37)34-12-4-2-5-13-34/h2-32H,1H3/i8D,9D,10D,11D,16D,17D,18D,19D,20D,21D,27D,28D,30D,31D. The van der Waals surface area contributed by atoms with Gasteiger partial charge in [-0.1, -0.05) is 145 Å². The lowest BCUT2D eigenvalue weighted by molar-refractivity contribution is 1.01. The highest BCUT2D eigenvalue weighted by atomic mass is 15.2. The van der Waals surface area contributed by atoms with E-state index in [0.29, 0.717) is 22.2 Å². The van der Waals surface area contributed by atoms with Crippen molar-refractivity contribution in [2.24, 2.45) is 0 Å². The van der Waals surface area contributed by atoms with Gasteiger partial charge in [0.2, 0.25) is 5.95 Å². The summed E-state index contributed by atoms with van der Waals surface area (Å²) in [6.45, 7) is 1.41. The van der Waals surface area contributed by atoms with Crippen molar-refractivity contribution in [1.82, 2.24) is 19.1 Å². The highest BCUT2D eigenvalue weighted by molar-refractivity contribution is 6.28. The number of para-hydroxylation sites is 2. The molecule has 0 saturated heterocycles. The molecule has 0 radical (unpaired) electrons. The summed E-state index contributed by atoms with van der Waals surface area (Å²) in [5.74, 6) is -0.127. The molecule has 0 bridgehead atoms. The molecule has 11 aromatic rings. The van der Waals surface area contributed by atoms with Gasteiger partial charge in [0, 0.05) is 38.2 Å². The summed E-state index contributed by atoms with van der Waals surface area (Å²) in [7, 11) is 0. The number of nitrogens with zero attached hydrogens (tertiary/aromatic N) is 4. The van der Waals surface area contributed by atoms with Crippen LogP contribution in [0.2, 0.25) is 0 Å². The molecule has 4 heteroatoms. The van der Waals surface area contributed by atoms with E-state index in [9.17, 15) is 8.22 Å². The Kier molecular flexibility index (Phi) is 4.56. The minimum atomic E-state index is -0.693. The number of hydrogen-bond donors (Lipinski definition) is 0. The van der Waals surface area contributed by atoms with Crippen molar-refractivity contribution < 1.29 is 19.2 Å². The topological polar surface area (TPSA) is 35.6 Å². The van der Waals surface area contributed by atoms with Gasteiger partial charge in [-0.05, 0) is 77.6 Å². The highest BCUT2D eigenvalue weighted by Gasteiger charge is 2.22. The molecule has 0 atom stereocenters. The Labute approximate surface area is 337 Å². The van der Waals surface area contributed by atoms with E-state index in [0.717, 1.165) is 26.8 Å². The summed E-state index contributed by atoms with van der Waals surface area (Å²) in [6, 6.07) is 24.9. The third kappa shape index (κ3) is 4.99. The van der Waals surface area contributed by atoms with Crippen LogP contribution in [-0.2, 0) is 0 Å². The van der Waals surface area contributed by atoms with Crippen LogP contribution < -0.4 is 0 Å². The summed E-state index contributed by atoms with van der Waals surface area (Å²) < 4.78 is 131. The fourth-order valence-electron chi connectivity index (χ4n) is 7.44. The van der Waals surface area contributed by atoms with Gasteiger partial charge in [-0.3, -0.25) is 4.57 Å². The molecule has 3 heterocycles. The van der Waals surface area contributed by atoms with E-state index in [1.807, 2.05) is 103 Å². The van der Waals surface area contributed by atoms with Gasteiger partial charge in [0.1, 0.15) is 0 Å². The van der Waals surface area contributed by atoms with Crippen LogP contribution in [0.5, 0.6) is 0 Å². The van der Waals surface area contributed by atoms with Gasteiger partial charge in [0.05, 0.1) is 52.5 Å². The molecule has 0 unspecified atom stereocenters. The Bertz CT molecular complexity index is 4030. The summed E-state index contributed by atoms with van der Waals surface area (Å²) in [6.07, 6.45) is 0. The second-order valence-corrected chi connectivity index (χ2v) is 13.2. The minimum Gasteiger partial charge on any atom is -0.309 e. The molecule has 3 aromatic heterocycles. The normalized spacial score (nSPS) is 15.3. The molecule has 8 aromatic carbocycles. The Balaban J connectivity index is 1.34. The maximum absolute atomic E-state index is 9.87. The summed E-state index contributed by atoms with van der Waals surface area (Å²) in [5, 5.41) is 0.0130. The smallest absolute Gasteiger partial charge is 0.235 e. The molecular weight excluding hydrogens is 669 g/mol. The second-order valence-electron chi connectivity index (χ2n) is 13.2. The molecule has 55 heavy (non-hydrogen) atoms. The summed E-state index contributed by atoms with van der Waals surface area (Å²) in [5.41, 5.74) is 3.92. The Morgan fingerprint density at radius 1 is 0.436 bits per heavy atom. The van der Waals surface area contributed by atoms with Gasteiger partial charge in [0.15, 0.2) is 0 Å². The van der Waals surface area contributed by atoms with Crippen LogP contribution in [0, 0.1) is 6.92 Å². The van der Waals surface area contributed by atoms with Gasteiger partial charge in [-0.2, -0.15) is 0 Å². The zero-order valence-electron chi connectivity index (χ0n) is 43.1. The molecule has 0 N–H and O–H groups in total. The third-order valence-electron chi connectivity index (χ3n) is 9.97. The van der Waals surface area contributed by atoms with Crippen molar-refractivity contribution in [2.75, 3.05) is 0 Å².